The fourth-order valence-electron chi connectivity index (χ4n) is 1.21. The van der Waals surface area contributed by atoms with Crippen molar-refractivity contribution in [2.75, 3.05) is 7.11 Å². The summed E-state index contributed by atoms with van der Waals surface area (Å²) in [6.07, 6.45) is 0. The molecule has 17 heavy (non-hydrogen) atoms. The largest absolute Gasteiger partial charge is 0.467 e. The van der Waals surface area contributed by atoms with E-state index in [1.54, 1.807) is 18.2 Å². The molecule has 0 N–H and O–H groups in total. The number of benzene rings is 1. The van der Waals surface area contributed by atoms with Crippen molar-refractivity contribution in [3.05, 3.63) is 33.5 Å². The first kappa shape index (κ1) is 12.4. The van der Waals surface area contributed by atoms with Crippen molar-refractivity contribution in [1.82, 2.24) is 15.0 Å². The highest BCUT2D eigenvalue weighted by molar-refractivity contribution is 6.35. The number of nitrogens with zero attached hydrogens (tertiary/aromatic N) is 3. The second kappa shape index (κ2) is 5.04. The molecule has 4 nitrogen and oxygen atoms in total. The van der Waals surface area contributed by atoms with Crippen molar-refractivity contribution in [1.29, 1.82) is 0 Å². The summed E-state index contributed by atoms with van der Waals surface area (Å²) >= 11 is 17.7. The maximum Gasteiger partial charge on any atom is 0.321 e. The number of halogens is 3. The number of aromatic nitrogens is 3. The Morgan fingerprint density at radius 3 is 2.53 bits per heavy atom. The van der Waals surface area contributed by atoms with Crippen LogP contribution in [0.4, 0.5) is 0 Å². The molecule has 0 atom stereocenters. The standard InChI is InChI=1S/C10H6Cl3N3O/c1-17-10-15-8(14-9(13)16-10)6-4-5(11)2-3-7(6)12/h2-4H,1H3. The van der Waals surface area contributed by atoms with Crippen LogP contribution in [0.25, 0.3) is 11.4 Å². The molecular weight excluding hydrogens is 284 g/mol. The molecule has 0 spiro atoms. The lowest BCUT2D eigenvalue weighted by atomic mass is 10.2. The van der Waals surface area contributed by atoms with Gasteiger partial charge in [-0.15, -0.1) is 0 Å². The van der Waals surface area contributed by atoms with Gasteiger partial charge in [0.1, 0.15) is 0 Å². The van der Waals surface area contributed by atoms with Gasteiger partial charge in [0.05, 0.1) is 12.1 Å². The van der Waals surface area contributed by atoms with E-state index in [0.717, 1.165) is 0 Å². The van der Waals surface area contributed by atoms with Gasteiger partial charge in [-0.3, -0.25) is 0 Å². The second-order valence-corrected chi connectivity index (χ2v) is 4.22. The average Bonchev–Trinajstić information content (AvgIpc) is 2.31. The Balaban J connectivity index is 2.59. The molecule has 0 unspecified atom stereocenters. The first-order chi connectivity index (χ1) is 8.10. The van der Waals surface area contributed by atoms with Crippen molar-refractivity contribution in [2.45, 2.75) is 0 Å². The van der Waals surface area contributed by atoms with Gasteiger partial charge in [-0.1, -0.05) is 23.2 Å². The molecule has 0 fully saturated rings. The van der Waals surface area contributed by atoms with E-state index in [-0.39, 0.29) is 11.3 Å². The van der Waals surface area contributed by atoms with Crippen LogP contribution in [0.1, 0.15) is 0 Å². The monoisotopic (exact) mass is 289 g/mol. The number of methoxy groups -OCH3 is 1. The lowest BCUT2D eigenvalue weighted by molar-refractivity contribution is 0.379. The van der Waals surface area contributed by atoms with E-state index < -0.39 is 0 Å². The summed E-state index contributed by atoms with van der Waals surface area (Å²) in [6.45, 7) is 0. The van der Waals surface area contributed by atoms with Crippen LogP contribution in [0.5, 0.6) is 6.01 Å². The van der Waals surface area contributed by atoms with Crippen molar-refractivity contribution >= 4 is 34.8 Å². The van der Waals surface area contributed by atoms with Gasteiger partial charge in [0.25, 0.3) is 0 Å². The van der Waals surface area contributed by atoms with Gasteiger partial charge in [0.2, 0.25) is 5.28 Å². The first-order valence-electron chi connectivity index (χ1n) is 4.51. The fourth-order valence-corrected chi connectivity index (χ4v) is 1.74. The van der Waals surface area contributed by atoms with E-state index in [2.05, 4.69) is 15.0 Å². The molecule has 1 aromatic heterocycles. The number of hydrogen-bond donors (Lipinski definition) is 0. The summed E-state index contributed by atoms with van der Waals surface area (Å²) in [4.78, 5) is 11.8. The van der Waals surface area contributed by atoms with Gasteiger partial charge < -0.3 is 4.74 Å². The molecule has 0 bridgehead atoms. The normalized spacial score (nSPS) is 10.4. The topological polar surface area (TPSA) is 47.9 Å². The van der Waals surface area contributed by atoms with E-state index in [0.29, 0.717) is 21.4 Å². The van der Waals surface area contributed by atoms with Gasteiger partial charge in [-0.25, -0.2) is 0 Å². The van der Waals surface area contributed by atoms with Gasteiger partial charge in [-0.2, -0.15) is 15.0 Å². The predicted molar refractivity (Wildman–Crippen MR) is 66.8 cm³/mol. The average molecular weight is 291 g/mol. The second-order valence-electron chi connectivity index (χ2n) is 3.04. The summed E-state index contributed by atoms with van der Waals surface area (Å²) in [5.74, 6) is 0.314. The number of rotatable bonds is 2. The molecule has 0 aliphatic carbocycles. The van der Waals surface area contributed by atoms with E-state index >= 15 is 0 Å². The molecule has 0 radical (unpaired) electrons. The minimum Gasteiger partial charge on any atom is -0.467 e. The Bertz CT molecular complexity index is 562. The third-order valence-corrected chi connectivity index (χ3v) is 2.67. The molecule has 0 aliphatic rings. The van der Waals surface area contributed by atoms with Crippen LogP contribution in [0.3, 0.4) is 0 Å². The third-order valence-electron chi connectivity index (χ3n) is 1.94. The lowest BCUT2D eigenvalue weighted by Gasteiger charge is -2.05. The Morgan fingerprint density at radius 2 is 1.82 bits per heavy atom. The highest BCUT2D eigenvalue weighted by Crippen LogP contribution is 2.29. The fraction of sp³-hybridized carbons (Fsp3) is 0.100. The number of hydrogen-bond acceptors (Lipinski definition) is 4. The Kier molecular flexibility index (Phi) is 3.66. The highest BCUT2D eigenvalue weighted by atomic mass is 35.5. The van der Waals surface area contributed by atoms with E-state index in [1.807, 2.05) is 0 Å². The Morgan fingerprint density at radius 1 is 1.06 bits per heavy atom. The van der Waals surface area contributed by atoms with Gasteiger partial charge in [0.15, 0.2) is 5.82 Å². The quantitative estimate of drug-likeness (QED) is 0.849. The van der Waals surface area contributed by atoms with Crippen LogP contribution in [-0.4, -0.2) is 22.1 Å². The zero-order valence-corrected chi connectivity index (χ0v) is 10.9. The molecule has 88 valence electrons. The molecule has 0 saturated carbocycles. The zero-order valence-electron chi connectivity index (χ0n) is 8.62. The summed E-state index contributed by atoms with van der Waals surface area (Å²) in [6, 6.07) is 5.10. The smallest absolute Gasteiger partial charge is 0.321 e. The van der Waals surface area contributed by atoms with Gasteiger partial charge in [-0.05, 0) is 29.8 Å². The molecular formula is C10H6Cl3N3O. The molecule has 0 saturated heterocycles. The van der Waals surface area contributed by atoms with Crippen molar-refractivity contribution in [2.24, 2.45) is 0 Å². The third kappa shape index (κ3) is 2.77. The Hall–Kier alpha value is -1.10. The lowest BCUT2D eigenvalue weighted by Crippen LogP contribution is -1.98. The number of ether oxygens (including phenoxy) is 1. The van der Waals surface area contributed by atoms with E-state index in [4.69, 9.17) is 39.5 Å². The van der Waals surface area contributed by atoms with Crippen molar-refractivity contribution in [3.63, 3.8) is 0 Å². The SMILES string of the molecule is COc1nc(Cl)nc(-c2cc(Cl)ccc2Cl)n1. The molecule has 0 amide bonds. The molecule has 0 aliphatic heterocycles. The maximum absolute atomic E-state index is 6.04. The van der Waals surface area contributed by atoms with Crippen LogP contribution in [0.2, 0.25) is 15.3 Å². The van der Waals surface area contributed by atoms with Crippen LogP contribution in [-0.2, 0) is 0 Å². The van der Waals surface area contributed by atoms with Crippen molar-refractivity contribution < 1.29 is 4.74 Å². The maximum atomic E-state index is 6.04. The molecule has 1 heterocycles. The molecule has 1 aromatic carbocycles. The summed E-state index contributed by atoms with van der Waals surface area (Å²) in [5.41, 5.74) is 0.571. The molecule has 2 rings (SSSR count). The van der Waals surface area contributed by atoms with Gasteiger partial charge in [0, 0.05) is 10.6 Å². The van der Waals surface area contributed by atoms with Crippen LogP contribution < -0.4 is 4.74 Å². The summed E-state index contributed by atoms with van der Waals surface area (Å²) in [5, 5.41) is 1.03. The van der Waals surface area contributed by atoms with Gasteiger partial charge >= 0.3 is 6.01 Å². The minimum atomic E-state index is 0.0305. The van der Waals surface area contributed by atoms with Crippen molar-refractivity contribution in [3.8, 4) is 17.4 Å². The molecule has 7 heteroatoms. The first-order valence-corrected chi connectivity index (χ1v) is 5.64. The molecule has 2 aromatic rings. The summed E-state index contributed by atoms with van der Waals surface area (Å²) in [7, 11) is 1.44. The van der Waals surface area contributed by atoms with E-state index in [1.165, 1.54) is 7.11 Å². The Labute approximate surface area is 113 Å². The van der Waals surface area contributed by atoms with Crippen LogP contribution >= 0.6 is 34.8 Å². The van der Waals surface area contributed by atoms with Crippen LogP contribution in [0.15, 0.2) is 18.2 Å². The van der Waals surface area contributed by atoms with Crippen LogP contribution in [0, 0.1) is 0 Å². The van der Waals surface area contributed by atoms with E-state index in [9.17, 15) is 0 Å². The minimum absolute atomic E-state index is 0.0305. The summed E-state index contributed by atoms with van der Waals surface area (Å²) < 4.78 is 4.90. The zero-order chi connectivity index (χ0) is 12.4. The predicted octanol–water partition coefficient (Wildman–Crippen LogP) is 3.51. The highest BCUT2D eigenvalue weighted by Gasteiger charge is 2.11.